The highest BCUT2D eigenvalue weighted by Crippen LogP contribution is 2.31. The van der Waals surface area contributed by atoms with Crippen LogP contribution >= 0.6 is 11.6 Å². The molecule has 2 fully saturated rings. The van der Waals surface area contributed by atoms with Crippen molar-refractivity contribution in [3.05, 3.63) is 93.5 Å². The normalized spacial score (nSPS) is 15.7. The van der Waals surface area contributed by atoms with E-state index in [9.17, 15) is 9.59 Å². The molecule has 1 amide bonds. The standard InChI is InChI=1S/C35H40ClN5O5.C2H6/c1-25(2)46-34-26(22-39-18-20-44-21-19-39)6-5-9-31(34)41-32(37-30-8-4-3-7-29(30)35(41)43)23-38-14-16-40(17-15-38)33(42)24-45-28-12-10-27(36)11-13-28;1-2/h3-13,25H,14-24H2,1-2H3;1-2H3. The Labute approximate surface area is 287 Å². The first kappa shape index (κ1) is 35.3. The Morgan fingerprint density at radius 3 is 2.27 bits per heavy atom. The Bertz CT molecular complexity index is 1710. The van der Waals surface area contributed by atoms with E-state index in [1.807, 2.05) is 69.0 Å². The summed E-state index contributed by atoms with van der Waals surface area (Å²) in [6, 6.07) is 20.4. The minimum Gasteiger partial charge on any atom is -0.488 e. The van der Waals surface area contributed by atoms with Crippen LogP contribution in [0.1, 0.15) is 39.1 Å². The first-order valence-electron chi connectivity index (χ1n) is 16.8. The van der Waals surface area contributed by atoms with E-state index in [0.29, 0.717) is 91.4 Å². The molecule has 1 aromatic heterocycles. The number of ether oxygens (including phenoxy) is 3. The van der Waals surface area contributed by atoms with Crippen molar-refractivity contribution in [2.24, 2.45) is 0 Å². The van der Waals surface area contributed by atoms with E-state index in [1.54, 1.807) is 28.8 Å². The number of morpholine rings is 1. The summed E-state index contributed by atoms with van der Waals surface area (Å²) in [6.07, 6.45) is -0.0913. The molecule has 3 heterocycles. The summed E-state index contributed by atoms with van der Waals surface area (Å²) in [5, 5.41) is 1.17. The summed E-state index contributed by atoms with van der Waals surface area (Å²) >= 11 is 5.95. The Morgan fingerprint density at radius 2 is 1.56 bits per heavy atom. The average Bonchev–Trinajstić information content (AvgIpc) is 3.10. The molecule has 0 spiro atoms. The summed E-state index contributed by atoms with van der Waals surface area (Å²) < 4.78 is 19.4. The van der Waals surface area contributed by atoms with Gasteiger partial charge in [-0.05, 0) is 56.3 Å². The molecule has 3 aromatic carbocycles. The van der Waals surface area contributed by atoms with E-state index in [2.05, 4.69) is 15.9 Å². The number of amides is 1. The number of hydrogen-bond donors (Lipinski definition) is 0. The lowest BCUT2D eigenvalue weighted by molar-refractivity contribution is -0.135. The van der Waals surface area contributed by atoms with Crippen molar-refractivity contribution in [3.8, 4) is 17.2 Å². The maximum atomic E-state index is 14.2. The summed E-state index contributed by atoms with van der Waals surface area (Å²) in [5.41, 5.74) is 2.23. The Morgan fingerprint density at radius 1 is 0.875 bits per heavy atom. The summed E-state index contributed by atoms with van der Waals surface area (Å²) in [4.78, 5) is 38.6. The number of para-hydroxylation sites is 2. The van der Waals surface area contributed by atoms with Crippen molar-refractivity contribution < 1.29 is 19.0 Å². The zero-order chi connectivity index (χ0) is 34.0. The molecule has 2 aliphatic rings. The molecule has 0 saturated carbocycles. The van der Waals surface area contributed by atoms with Crippen LogP contribution in [-0.4, -0.2) is 95.4 Å². The van der Waals surface area contributed by atoms with Crippen LogP contribution in [0.3, 0.4) is 0 Å². The van der Waals surface area contributed by atoms with Gasteiger partial charge in [-0.25, -0.2) is 4.98 Å². The van der Waals surface area contributed by atoms with Gasteiger partial charge in [0, 0.05) is 56.4 Å². The smallest absolute Gasteiger partial charge is 0.266 e. The maximum absolute atomic E-state index is 14.2. The second-order valence-electron chi connectivity index (χ2n) is 11.9. The second-order valence-corrected chi connectivity index (χ2v) is 12.3. The average molecular weight is 676 g/mol. The molecule has 4 aromatic rings. The van der Waals surface area contributed by atoms with E-state index >= 15 is 0 Å². The van der Waals surface area contributed by atoms with Crippen molar-refractivity contribution in [2.75, 3.05) is 59.1 Å². The Hall–Kier alpha value is -3.96. The number of halogens is 1. The van der Waals surface area contributed by atoms with Crippen LogP contribution in [0.5, 0.6) is 11.5 Å². The van der Waals surface area contributed by atoms with Crippen molar-refractivity contribution in [1.29, 1.82) is 0 Å². The van der Waals surface area contributed by atoms with Crippen LogP contribution in [0.15, 0.2) is 71.5 Å². The van der Waals surface area contributed by atoms with E-state index in [-0.39, 0.29) is 24.2 Å². The van der Waals surface area contributed by atoms with Gasteiger partial charge in [0.25, 0.3) is 11.5 Å². The predicted molar refractivity (Wildman–Crippen MR) is 189 cm³/mol. The van der Waals surface area contributed by atoms with Gasteiger partial charge in [-0.2, -0.15) is 0 Å². The lowest BCUT2D eigenvalue weighted by atomic mass is 10.1. The fraction of sp³-hybridized carbons (Fsp3) is 0.432. The quantitative estimate of drug-likeness (QED) is 0.221. The highest BCUT2D eigenvalue weighted by atomic mass is 35.5. The number of hydrogen-bond acceptors (Lipinski definition) is 8. The third kappa shape index (κ3) is 8.73. The molecule has 0 unspecified atom stereocenters. The number of aromatic nitrogens is 2. The molecule has 0 bridgehead atoms. The van der Waals surface area contributed by atoms with Crippen molar-refractivity contribution >= 4 is 28.4 Å². The van der Waals surface area contributed by atoms with Crippen molar-refractivity contribution in [3.63, 3.8) is 0 Å². The highest BCUT2D eigenvalue weighted by Gasteiger charge is 2.25. The van der Waals surface area contributed by atoms with Crippen molar-refractivity contribution in [1.82, 2.24) is 24.3 Å². The number of rotatable bonds is 10. The molecule has 2 saturated heterocycles. The maximum Gasteiger partial charge on any atom is 0.266 e. The minimum atomic E-state index is -0.133. The number of benzene rings is 3. The molecule has 0 atom stereocenters. The molecule has 11 heteroatoms. The van der Waals surface area contributed by atoms with Gasteiger partial charge >= 0.3 is 0 Å². The summed E-state index contributed by atoms with van der Waals surface area (Å²) in [7, 11) is 0. The molecule has 10 nitrogen and oxygen atoms in total. The zero-order valence-corrected chi connectivity index (χ0v) is 29.1. The molecule has 0 N–H and O–H groups in total. The molecular formula is C37H46ClN5O5. The SMILES string of the molecule is CC.CC(C)Oc1c(CN2CCOCC2)cccc1-n1c(CN2CCN(C(=O)COc3ccc(Cl)cc3)CC2)nc2ccccc2c1=O. The van der Waals surface area contributed by atoms with Gasteiger partial charge < -0.3 is 19.1 Å². The topological polar surface area (TPSA) is 89.4 Å². The van der Waals surface area contributed by atoms with E-state index in [0.717, 1.165) is 18.7 Å². The minimum absolute atomic E-state index is 0.0349. The predicted octanol–water partition coefficient (Wildman–Crippen LogP) is 5.41. The molecule has 0 radical (unpaired) electrons. The van der Waals surface area contributed by atoms with Crippen LogP contribution in [0.2, 0.25) is 5.02 Å². The highest BCUT2D eigenvalue weighted by molar-refractivity contribution is 6.30. The van der Waals surface area contributed by atoms with Gasteiger partial charge in [0.2, 0.25) is 0 Å². The van der Waals surface area contributed by atoms with E-state index in [4.69, 9.17) is 30.8 Å². The second kappa shape index (κ2) is 16.9. The third-order valence-corrected chi connectivity index (χ3v) is 8.53. The number of carbonyl (C=O) groups is 1. The summed E-state index contributed by atoms with van der Waals surface area (Å²) in [6.45, 7) is 14.6. The van der Waals surface area contributed by atoms with Gasteiger partial charge in [-0.3, -0.25) is 24.0 Å². The van der Waals surface area contributed by atoms with Gasteiger partial charge in [0.1, 0.15) is 17.3 Å². The monoisotopic (exact) mass is 675 g/mol. The lowest BCUT2D eigenvalue weighted by Gasteiger charge is -2.35. The number of nitrogens with zero attached hydrogens (tertiary/aromatic N) is 5. The lowest BCUT2D eigenvalue weighted by Crippen LogP contribution is -2.50. The first-order valence-corrected chi connectivity index (χ1v) is 17.2. The van der Waals surface area contributed by atoms with Crippen LogP contribution in [0, 0.1) is 0 Å². The van der Waals surface area contributed by atoms with Crippen molar-refractivity contribution in [2.45, 2.75) is 46.9 Å². The van der Waals surface area contributed by atoms with E-state index < -0.39 is 0 Å². The van der Waals surface area contributed by atoms with Crippen LogP contribution in [0.25, 0.3) is 16.6 Å². The Balaban J connectivity index is 0.00000221. The van der Waals surface area contributed by atoms with Gasteiger partial charge in [-0.1, -0.05) is 49.7 Å². The van der Waals surface area contributed by atoms with Gasteiger partial charge in [0.15, 0.2) is 6.61 Å². The molecular weight excluding hydrogens is 630 g/mol. The molecule has 2 aliphatic heterocycles. The Kier molecular flexibility index (Phi) is 12.5. The molecule has 256 valence electrons. The first-order chi connectivity index (χ1) is 23.4. The number of piperazine rings is 1. The van der Waals surface area contributed by atoms with Crippen LogP contribution in [-0.2, 0) is 22.6 Å². The zero-order valence-electron chi connectivity index (χ0n) is 28.4. The van der Waals surface area contributed by atoms with Gasteiger partial charge in [0.05, 0.1) is 42.5 Å². The largest absolute Gasteiger partial charge is 0.488 e. The fourth-order valence-corrected chi connectivity index (χ4v) is 6.03. The van der Waals surface area contributed by atoms with E-state index in [1.165, 1.54) is 0 Å². The summed E-state index contributed by atoms with van der Waals surface area (Å²) in [5.74, 6) is 1.86. The molecule has 48 heavy (non-hydrogen) atoms. The van der Waals surface area contributed by atoms with Crippen LogP contribution < -0.4 is 15.0 Å². The fourth-order valence-electron chi connectivity index (χ4n) is 5.90. The third-order valence-electron chi connectivity index (χ3n) is 8.28. The molecule has 0 aliphatic carbocycles. The number of carbonyl (C=O) groups excluding carboxylic acids is 1. The number of fused-ring (bicyclic) bond motifs is 1. The molecule has 6 rings (SSSR count). The van der Waals surface area contributed by atoms with Crippen LogP contribution in [0.4, 0.5) is 0 Å². The van der Waals surface area contributed by atoms with Gasteiger partial charge in [-0.15, -0.1) is 0 Å².